The lowest BCUT2D eigenvalue weighted by Crippen LogP contribution is -2.53. The van der Waals surface area contributed by atoms with E-state index in [2.05, 4.69) is 0 Å². The van der Waals surface area contributed by atoms with Gasteiger partial charge in [0.25, 0.3) is 0 Å². The van der Waals surface area contributed by atoms with Gasteiger partial charge in [-0.25, -0.2) is 62.1 Å². The van der Waals surface area contributed by atoms with Crippen molar-refractivity contribution in [2.24, 2.45) is 0 Å². The van der Waals surface area contributed by atoms with Crippen LogP contribution in [0.3, 0.4) is 0 Å². The topological polar surface area (TPSA) is 332 Å². The first-order chi connectivity index (χ1) is 48.5. The number of unbranched alkanes of at least 4 members (excludes halogenated alkanes) is 1. The fraction of sp³-hybridized carbons (Fsp3) is 0.787. The van der Waals surface area contributed by atoms with Crippen molar-refractivity contribution >= 4 is 72.6 Å². The Balaban J connectivity index is 5.23. The monoisotopic (exact) mass is 1550 g/mol. The quantitative estimate of drug-likeness (QED) is 0.0425. The van der Waals surface area contributed by atoms with E-state index in [1.54, 1.807) is 266 Å². The van der Waals surface area contributed by atoms with Crippen LogP contribution in [0.15, 0.2) is 12.4 Å². The van der Waals surface area contributed by atoms with Gasteiger partial charge in [-0.3, -0.25) is 0 Å². The standard InChI is InChI=1S/C80H136N5O24/c1-69(2,3)98-57(86)53(82(61(90)102-73(13,14)15)62(91)103-74(16,17)18)41-37-38-47-81-48-50(43-45-55(59(88)100-71(7,8)9)84(65(94)106-77(25,26)27)66(95)107-78(28,29)30)52(40-39-42-54(58(87)99-70(4,5)6)83(63(92)104-75(19,20)21)64(93)105-76(22,23)24)51(49-81)44-46-56(60(89)101-72(10,11)12)85(67(96)108-79(31,32)33)68(97)109-80(34,35)36/h48-49,53-56H,37-47H2,1-36H3/q+1/t53-,54-,55-,56-/m0/s1. The molecule has 109 heavy (non-hydrogen) atoms. The molecule has 0 aliphatic carbocycles. The van der Waals surface area contributed by atoms with Gasteiger partial charge < -0.3 is 56.8 Å². The molecule has 1 aromatic heterocycles. The van der Waals surface area contributed by atoms with Crippen molar-refractivity contribution in [1.82, 2.24) is 19.6 Å². The zero-order valence-corrected chi connectivity index (χ0v) is 72.8. The Morgan fingerprint density at radius 2 is 0.422 bits per heavy atom. The highest BCUT2D eigenvalue weighted by Gasteiger charge is 2.48. The van der Waals surface area contributed by atoms with Gasteiger partial charge in [-0.05, 0) is 313 Å². The summed E-state index contributed by atoms with van der Waals surface area (Å²) in [6.45, 7) is 57.0. The summed E-state index contributed by atoms with van der Waals surface area (Å²) < 4.78 is 71.8. The fourth-order valence-corrected chi connectivity index (χ4v) is 10.1. The number of pyridine rings is 1. The first kappa shape index (κ1) is 99.0. The maximum atomic E-state index is 15.0. The van der Waals surface area contributed by atoms with E-state index in [1.807, 2.05) is 0 Å². The van der Waals surface area contributed by atoms with Crippen molar-refractivity contribution in [1.29, 1.82) is 0 Å². The van der Waals surface area contributed by atoms with Crippen LogP contribution in [0.1, 0.15) is 311 Å². The largest absolute Gasteiger partial charge is 0.458 e. The molecule has 0 saturated carbocycles. The van der Waals surface area contributed by atoms with Crippen LogP contribution in [-0.4, -0.2) is 184 Å². The zero-order valence-electron chi connectivity index (χ0n) is 72.8. The van der Waals surface area contributed by atoms with Crippen molar-refractivity contribution in [3.05, 3.63) is 29.1 Å². The second-order valence-corrected chi connectivity index (χ2v) is 39.0. The minimum absolute atomic E-state index is 0.0382. The maximum absolute atomic E-state index is 15.0. The van der Waals surface area contributed by atoms with Crippen molar-refractivity contribution < 1.29 is 119 Å². The average molecular weight is 1550 g/mol. The molecule has 1 aromatic rings. The van der Waals surface area contributed by atoms with Crippen molar-refractivity contribution in [2.75, 3.05) is 0 Å². The summed E-state index contributed by atoms with van der Waals surface area (Å²) in [6.07, 6.45) is -8.36. The number of aryl methyl sites for hydroxylation is 3. The Morgan fingerprint density at radius 3 is 0.606 bits per heavy atom. The number of rotatable bonds is 23. The summed E-state index contributed by atoms with van der Waals surface area (Å²) in [6, 6.07) is -6.97. The molecular weight excluding hydrogens is 1410 g/mol. The average Bonchev–Trinajstić information content (AvgIpc) is 0.815. The van der Waals surface area contributed by atoms with Crippen molar-refractivity contribution in [3.63, 3.8) is 0 Å². The van der Waals surface area contributed by atoms with Gasteiger partial charge in [-0.15, -0.1) is 0 Å². The molecule has 1 heterocycles. The molecule has 0 unspecified atom stereocenters. The van der Waals surface area contributed by atoms with E-state index in [1.165, 1.54) is 0 Å². The molecule has 0 radical (unpaired) electrons. The second kappa shape index (κ2) is 37.8. The zero-order chi connectivity index (χ0) is 85.5. The number of imide groups is 4. The van der Waals surface area contributed by atoms with Crippen LogP contribution in [0.5, 0.6) is 0 Å². The molecule has 0 aliphatic rings. The third-order valence-corrected chi connectivity index (χ3v) is 13.5. The summed E-state index contributed by atoms with van der Waals surface area (Å²) >= 11 is 0. The van der Waals surface area contributed by atoms with Crippen molar-refractivity contribution in [3.8, 4) is 0 Å². The first-order valence-corrected chi connectivity index (χ1v) is 37.4. The molecule has 8 amide bonds. The van der Waals surface area contributed by atoms with Crippen LogP contribution in [0.4, 0.5) is 38.4 Å². The minimum atomic E-state index is -1.81. The number of amides is 8. The Kier molecular flexibility index (Phi) is 34.3. The fourth-order valence-electron chi connectivity index (χ4n) is 10.1. The van der Waals surface area contributed by atoms with E-state index in [0.29, 0.717) is 36.3 Å². The lowest BCUT2D eigenvalue weighted by atomic mass is 9.90. The Morgan fingerprint density at radius 1 is 0.248 bits per heavy atom. The van der Waals surface area contributed by atoms with Crippen molar-refractivity contribution in [2.45, 2.75) is 411 Å². The number of aromatic nitrogens is 1. The summed E-state index contributed by atoms with van der Waals surface area (Å²) in [5.41, 5.74) is -13.3. The van der Waals surface area contributed by atoms with Crippen LogP contribution < -0.4 is 4.57 Å². The van der Waals surface area contributed by atoms with E-state index in [4.69, 9.17) is 56.8 Å². The van der Waals surface area contributed by atoms with Crippen LogP contribution >= 0.6 is 0 Å². The molecular formula is C80H136N5O24+. The van der Waals surface area contributed by atoms with Gasteiger partial charge in [-0.2, -0.15) is 19.6 Å². The highest BCUT2D eigenvalue weighted by molar-refractivity contribution is 5.97. The Bertz CT molecular complexity index is 3100. The van der Waals surface area contributed by atoms with E-state index >= 15 is 9.59 Å². The summed E-state index contributed by atoms with van der Waals surface area (Å²) in [5.74, 6) is -4.05. The third-order valence-electron chi connectivity index (χ3n) is 13.5. The highest BCUT2D eigenvalue weighted by Crippen LogP contribution is 2.32. The summed E-state index contributed by atoms with van der Waals surface area (Å²) in [4.78, 5) is 178. The number of hydrogen-bond donors (Lipinski definition) is 0. The van der Waals surface area contributed by atoms with Crippen LogP contribution in [0, 0.1) is 0 Å². The van der Waals surface area contributed by atoms with Crippen LogP contribution in [0.25, 0.3) is 0 Å². The lowest BCUT2D eigenvalue weighted by molar-refractivity contribution is -0.698. The summed E-state index contributed by atoms with van der Waals surface area (Å²) in [5, 5.41) is 0. The number of carbonyl (C=O) groups excluding carboxylic acids is 12. The molecule has 29 nitrogen and oxygen atoms in total. The smallest absolute Gasteiger partial charge is 0.420 e. The predicted molar refractivity (Wildman–Crippen MR) is 406 cm³/mol. The molecule has 4 atom stereocenters. The number of ether oxygens (including phenoxy) is 12. The van der Waals surface area contributed by atoms with Gasteiger partial charge in [0.15, 0.2) is 12.4 Å². The Hall–Kier alpha value is -8.01. The first-order valence-electron chi connectivity index (χ1n) is 37.4. The highest BCUT2D eigenvalue weighted by atomic mass is 16.6. The summed E-state index contributed by atoms with van der Waals surface area (Å²) in [7, 11) is 0. The minimum Gasteiger partial charge on any atom is -0.458 e. The van der Waals surface area contributed by atoms with E-state index in [-0.39, 0.29) is 57.9 Å². The predicted octanol–water partition coefficient (Wildman–Crippen LogP) is 16.9. The molecule has 624 valence electrons. The number of nitrogens with zero attached hydrogens (tertiary/aromatic N) is 5. The van der Waals surface area contributed by atoms with E-state index in [0.717, 1.165) is 0 Å². The normalized spacial score (nSPS) is 14.0. The van der Waals surface area contributed by atoms with Gasteiger partial charge in [0.1, 0.15) is 97.9 Å². The second-order valence-electron chi connectivity index (χ2n) is 39.0. The molecule has 0 bridgehead atoms. The van der Waals surface area contributed by atoms with Crippen LogP contribution in [-0.2, 0) is 102 Å². The van der Waals surface area contributed by atoms with Gasteiger partial charge in [0, 0.05) is 17.5 Å². The number of esters is 4. The maximum Gasteiger partial charge on any atom is 0.420 e. The van der Waals surface area contributed by atoms with E-state index in [9.17, 15) is 47.9 Å². The van der Waals surface area contributed by atoms with Gasteiger partial charge in [0.2, 0.25) is 0 Å². The number of carbonyl (C=O) groups is 12. The lowest BCUT2D eigenvalue weighted by Gasteiger charge is -2.34. The SMILES string of the molecule is CC(C)(C)OC(=O)[C@H](CCCC[n+]1cc(CC[C@@H](C(=O)OC(C)(C)C)N(C(=O)OC(C)(C)C)C(=O)OC(C)(C)C)c(CCC[C@@H](C(=O)OC(C)(C)C)N(C(=O)OC(C)(C)C)C(=O)OC(C)(C)C)c(CC[C@@H](C(=O)OC(C)(C)C)N(C(=O)OC(C)(C)C)C(=O)OC(C)(C)C)c1)N(C(=O)OC(C)(C)C)C(=O)OC(C)(C)C. The van der Waals surface area contributed by atoms with Crippen LogP contribution in [0.2, 0.25) is 0 Å². The molecule has 29 heteroatoms. The van der Waals surface area contributed by atoms with Gasteiger partial charge >= 0.3 is 72.6 Å². The molecule has 0 aliphatic heterocycles. The van der Waals surface area contributed by atoms with Gasteiger partial charge in [0.05, 0.1) is 0 Å². The van der Waals surface area contributed by atoms with E-state index < -0.39 is 177 Å². The molecule has 1 rings (SSSR count). The number of hydrogen-bond acceptors (Lipinski definition) is 24. The molecule has 0 aromatic carbocycles. The molecule has 0 N–H and O–H groups in total. The molecule has 0 saturated heterocycles. The third kappa shape index (κ3) is 40.0. The molecule has 0 fully saturated rings. The molecule has 0 spiro atoms. The Labute approximate surface area is 649 Å². The van der Waals surface area contributed by atoms with Gasteiger partial charge in [-0.1, -0.05) is 0 Å².